The van der Waals surface area contributed by atoms with E-state index in [4.69, 9.17) is 11.6 Å². The minimum Gasteiger partial charge on any atom is -0.352 e. The first kappa shape index (κ1) is 33.7. The molecule has 0 spiro atoms. The molecule has 0 aromatic heterocycles. The number of carbonyl (C=O) groups excluding carboxylic acids is 2. The predicted octanol–water partition coefficient (Wildman–Crippen LogP) is 6.63. The molecule has 0 aliphatic heterocycles. The number of amides is 2. The van der Waals surface area contributed by atoms with Crippen LogP contribution >= 0.6 is 11.6 Å². The number of rotatable bonds is 12. The van der Waals surface area contributed by atoms with E-state index in [1.165, 1.54) is 17.0 Å². The fourth-order valence-electron chi connectivity index (χ4n) is 5.16. The summed E-state index contributed by atoms with van der Waals surface area (Å²) in [5, 5.41) is 3.35. The average molecular weight is 646 g/mol. The molecule has 1 atom stereocenters. The molecule has 0 bridgehead atoms. The van der Waals surface area contributed by atoms with Crippen molar-refractivity contribution in [2.24, 2.45) is 0 Å². The number of carbonyl (C=O) groups is 2. The number of aryl methyl sites for hydroxylation is 2. The van der Waals surface area contributed by atoms with Gasteiger partial charge in [-0.2, -0.15) is 0 Å². The third-order valence-electron chi connectivity index (χ3n) is 7.53. The van der Waals surface area contributed by atoms with E-state index in [-0.39, 0.29) is 35.5 Å². The molecule has 0 fully saturated rings. The molecule has 0 saturated carbocycles. The standard InChI is InChI=1S/C36H40ClN3O4S/c1-25(2)38-36(42)34(22-29-12-7-6-8-13-29)39(23-30-14-9-11-27(4)21-30)35(41)24-40(33-16-10-15-32(37)28(33)5)45(43,44)31-19-17-26(3)18-20-31/h6-21,25,34H,22-24H2,1-5H3,(H,38,42)/t34-/m0/s1. The lowest BCUT2D eigenvalue weighted by Gasteiger charge is -2.34. The van der Waals surface area contributed by atoms with E-state index in [1.807, 2.05) is 82.3 Å². The molecule has 45 heavy (non-hydrogen) atoms. The Labute approximate surface area is 271 Å². The van der Waals surface area contributed by atoms with Gasteiger partial charge in [0.05, 0.1) is 10.6 Å². The highest BCUT2D eigenvalue weighted by Gasteiger charge is 2.35. The van der Waals surface area contributed by atoms with Gasteiger partial charge in [0.1, 0.15) is 12.6 Å². The second-order valence-electron chi connectivity index (χ2n) is 11.6. The molecule has 4 rings (SSSR count). The Morgan fingerprint density at radius 1 is 0.800 bits per heavy atom. The SMILES string of the molecule is Cc1ccc(S(=O)(=O)N(CC(=O)N(Cc2cccc(C)c2)[C@@H](Cc2ccccc2)C(=O)NC(C)C)c2cccc(Cl)c2C)cc1. The number of benzene rings is 4. The van der Waals surface area contributed by atoms with Crippen LogP contribution in [0.25, 0.3) is 0 Å². The lowest BCUT2D eigenvalue weighted by molar-refractivity contribution is -0.140. The van der Waals surface area contributed by atoms with Crippen LogP contribution in [0.15, 0.2) is 102 Å². The molecule has 1 N–H and O–H groups in total. The minimum atomic E-state index is -4.22. The Morgan fingerprint density at radius 2 is 1.44 bits per heavy atom. The molecule has 4 aromatic rings. The van der Waals surface area contributed by atoms with E-state index in [0.717, 1.165) is 26.6 Å². The van der Waals surface area contributed by atoms with Crippen molar-refractivity contribution in [2.75, 3.05) is 10.8 Å². The summed E-state index contributed by atoms with van der Waals surface area (Å²) in [6.45, 7) is 8.85. The minimum absolute atomic E-state index is 0.0453. The summed E-state index contributed by atoms with van der Waals surface area (Å²) in [5.41, 5.74) is 4.41. The smallest absolute Gasteiger partial charge is 0.264 e. The van der Waals surface area contributed by atoms with Crippen LogP contribution in [0.2, 0.25) is 5.02 Å². The summed E-state index contributed by atoms with van der Waals surface area (Å²) < 4.78 is 29.6. The Hall–Kier alpha value is -4.14. The molecule has 0 radical (unpaired) electrons. The molecule has 0 saturated heterocycles. The van der Waals surface area contributed by atoms with E-state index in [1.54, 1.807) is 37.3 Å². The number of hydrogen-bond acceptors (Lipinski definition) is 4. The highest BCUT2D eigenvalue weighted by Crippen LogP contribution is 2.31. The Morgan fingerprint density at radius 3 is 2.09 bits per heavy atom. The molecular weight excluding hydrogens is 606 g/mol. The first-order chi connectivity index (χ1) is 21.4. The molecule has 236 valence electrons. The van der Waals surface area contributed by atoms with Crippen molar-refractivity contribution in [2.45, 2.75) is 64.6 Å². The molecule has 0 heterocycles. The molecule has 0 unspecified atom stereocenters. The van der Waals surface area contributed by atoms with Gasteiger partial charge < -0.3 is 10.2 Å². The molecule has 0 aliphatic carbocycles. The van der Waals surface area contributed by atoms with Crippen LogP contribution in [-0.2, 0) is 32.6 Å². The van der Waals surface area contributed by atoms with Crippen LogP contribution in [-0.4, -0.2) is 43.8 Å². The van der Waals surface area contributed by atoms with Crippen LogP contribution < -0.4 is 9.62 Å². The summed E-state index contributed by atoms with van der Waals surface area (Å²) in [6.07, 6.45) is 0.248. The van der Waals surface area contributed by atoms with Gasteiger partial charge in [0.2, 0.25) is 11.8 Å². The monoisotopic (exact) mass is 645 g/mol. The van der Waals surface area contributed by atoms with Crippen molar-refractivity contribution in [1.82, 2.24) is 10.2 Å². The number of halogens is 1. The average Bonchev–Trinajstić information content (AvgIpc) is 2.99. The number of anilines is 1. The summed E-state index contributed by atoms with van der Waals surface area (Å²) in [6, 6.07) is 27.6. The third-order valence-corrected chi connectivity index (χ3v) is 9.72. The van der Waals surface area contributed by atoms with Gasteiger partial charge in [0, 0.05) is 24.0 Å². The molecule has 9 heteroatoms. The highest BCUT2D eigenvalue weighted by molar-refractivity contribution is 7.92. The Bertz CT molecular complexity index is 1740. The van der Waals surface area contributed by atoms with Crippen molar-refractivity contribution in [3.05, 3.63) is 130 Å². The number of nitrogens with zero attached hydrogens (tertiary/aromatic N) is 2. The van der Waals surface area contributed by atoms with Gasteiger partial charge in [-0.3, -0.25) is 13.9 Å². The predicted molar refractivity (Wildman–Crippen MR) is 181 cm³/mol. The molecular formula is C36H40ClN3O4S. The number of sulfonamides is 1. The van der Waals surface area contributed by atoms with E-state index in [2.05, 4.69) is 5.32 Å². The maximum atomic E-state index is 14.6. The van der Waals surface area contributed by atoms with E-state index < -0.39 is 28.5 Å². The van der Waals surface area contributed by atoms with Crippen molar-refractivity contribution in [1.29, 1.82) is 0 Å². The van der Waals surface area contributed by atoms with Gasteiger partial charge in [-0.15, -0.1) is 0 Å². The zero-order valence-corrected chi connectivity index (χ0v) is 27.9. The van der Waals surface area contributed by atoms with Gasteiger partial charge in [-0.25, -0.2) is 8.42 Å². The van der Waals surface area contributed by atoms with Gasteiger partial charge >= 0.3 is 0 Å². The lowest BCUT2D eigenvalue weighted by atomic mass is 10.0. The summed E-state index contributed by atoms with van der Waals surface area (Å²) in [5.74, 6) is -0.840. The molecule has 0 aliphatic rings. The van der Waals surface area contributed by atoms with Crippen molar-refractivity contribution < 1.29 is 18.0 Å². The van der Waals surface area contributed by atoms with Crippen molar-refractivity contribution in [3.8, 4) is 0 Å². The lowest BCUT2D eigenvalue weighted by Crippen LogP contribution is -2.54. The number of hydrogen-bond donors (Lipinski definition) is 1. The van der Waals surface area contributed by atoms with E-state index >= 15 is 0 Å². The molecule has 2 amide bonds. The fourth-order valence-corrected chi connectivity index (χ4v) is 6.80. The van der Waals surface area contributed by atoms with Crippen LogP contribution in [0.4, 0.5) is 5.69 Å². The normalized spacial score (nSPS) is 12.1. The summed E-state index contributed by atoms with van der Waals surface area (Å²) in [7, 11) is -4.22. The quantitative estimate of drug-likeness (QED) is 0.188. The van der Waals surface area contributed by atoms with E-state index in [0.29, 0.717) is 10.6 Å². The summed E-state index contributed by atoms with van der Waals surface area (Å²) in [4.78, 5) is 29.9. The third kappa shape index (κ3) is 8.53. The first-order valence-corrected chi connectivity index (χ1v) is 16.7. The van der Waals surface area contributed by atoms with Crippen molar-refractivity contribution >= 4 is 39.1 Å². The first-order valence-electron chi connectivity index (χ1n) is 14.9. The maximum absolute atomic E-state index is 14.6. The molecule has 4 aromatic carbocycles. The fraction of sp³-hybridized carbons (Fsp3) is 0.278. The van der Waals surface area contributed by atoms with Gasteiger partial charge in [-0.1, -0.05) is 95.5 Å². The Balaban J connectivity index is 1.84. The summed E-state index contributed by atoms with van der Waals surface area (Å²) >= 11 is 6.46. The van der Waals surface area contributed by atoms with Crippen LogP contribution in [0.3, 0.4) is 0 Å². The molecule has 7 nitrogen and oxygen atoms in total. The second kappa shape index (κ2) is 14.8. The topological polar surface area (TPSA) is 86.8 Å². The zero-order valence-electron chi connectivity index (χ0n) is 26.3. The largest absolute Gasteiger partial charge is 0.352 e. The second-order valence-corrected chi connectivity index (χ2v) is 13.9. The van der Waals surface area contributed by atoms with Crippen LogP contribution in [0.1, 0.15) is 41.7 Å². The zero-order chi connectivity index (χ0) is 32.7. The van der Waals surface area contributed by atoms with Gasteiger partial charge in [-0.05, 0) is 75.6 Å². The van der Waals surface area contributed by atoms with Crippen molar-refractivity contribution in [3.63, 3.8) is 0 Å². The Kier molecular flexibility index (Phi) is 11.1. The van der Waals surface area contributed by atoms with Crippen LogP contribution in [0, 0.1) is 20.8 Å². The van der Waals surface area contributed by atoms with E-state index in [9.17, 15) is 18.0 Å². The van der Waals surface area contributed by atoms with Gasteiger partial charge in [0.15, 0.2) is 0 Å². The number of nitrogens with one attached hydrogen (secondary N) is 1. The highest BCUT2D eigenvalue weighted by atomic mass is 35.5. The maximum Gasteiger partial charge on any atom is 0.264 e. The van der Waals surface area contributed by atoms with Gasteiger partial charge in [0.25, 0.3) is 10.0 Å². The van der Waals surface area contributed by atoms with Crippen LogP contribution in [0.5, 0.6) is 0 Å².